The highest BCUT2D eigenvalue weighted by molar-refractivity contribution is 5.80. The number of piperidine rings is 1. The number of para-hydroxylation sites is 1. The van der Waals surface area contributed by atoms with Gasteiger partial charge < -0.3 is 5.11 Å². The molecule has 4 nitrogen and oxygen atoms in total. The van der Waals surface area contributed by atoms with Gasteiger partial charge in [0.05, 0.1) is 12.1 Å². The molecule has 0 aliphatic carbocycles. The minimum Gasteiger partial charge on any atom is -0.508 e. The molecular weight excluding hydrogens is 310 g/mol. The Hall–Kier alpha value is -2.46. The maximum absolute atomic E-state index is 9.44. The van der Waals surface area contributed by atoms with E-state index in [1.54, 1.807) is 12.1 Å². The molecule has 0 radical (unpaired) electrons. The lowest BCUT2D eigenvalue weighted by molar-refractivity contribution is 0.200. The number of phenols is 1. The van der Waals surface area contributed by atoms with Crippen LogP contribution < -0.4 is 0 Å². The zero-order valence-electron chi connectivity index (χ0n) is 14.5. The monoisotopic (exact) mass is 333 g/mol. The zero-order valence-corrected chi connectivity index (χ0v) is 14.5. The summed E-state index contributed by atoms with van der Waals surface area (Å²) in [7, 11) is 0. The summed E-state index contributed by atoms with van der Waals surface area (Å²) in [4.78, 5) is 11.9. The van der Waals surface area contributed by atoms with Gasteiger partial charge in [0.2, 0.25) is 0 Å². The fraction of sp³-hybridized carbons (Fsp3) is 0.333. The first-order valence-corrected chi connectivity index (χ1v) is 8.92. The lowest BCUT2D eigenvalue weighted by Gasteiger charge is -2.31. The first-order chi connectivity index (χ1) is 12.2. The summed E-state index contributed by atoms with van der Waals surface area (Å²) in [6.45, 7) is 4.99. The van der Waals surface area contributed by atoms with Crippen LogP contribution in [0.15, 0.2) is 48.5 Å². The van der Waals surface area contributed by atoms with Crippen LogP contribution in [0.2, 0.25) is 0 Å². The fourth-order valence-corrected chi connectivity index (χ4v) is 3.74. The van der Waals surface area contributed by atoms with E-state index < -0.39 is 0 Å². The number of aryl methyl sites for hydroxylation is 1. The van der Waals surface area contributed by atoms with E-state index in [9.17, 15) is 5.11 Å². The molecule has 0 amide bonds. The second-order valence-electron chi connectivity index (χ2n) is 6.88. The summed E-state index contributed by atoms with van der Waals surface area (Å²) in [6.07, 6.45) is 2.27. The van der Waals surface area contributed by atoms with Gasteiger partial charge in [-0.05, 0) is 62.5 Å². The Bertz CT molecular complexity index is 868. The molecule has 0 atom stereocenters. The van der Waals surface area contributed by atoms with Crippen LogP contribution in [0.25, 0.3) is 10.9 Å². The van der Waals surface area contributed by atoms with E-state index in [2.05, 4.69) is 24.0 Å². The molecule has 1 aliphatic rings. The highest BCUT2D eigenvalue weighted by Crippen LogP contribution is 2.29. The average molecular weight is 333 g/mol. The minimum absolute atomic E-state index is 0.338. The maximum Gasteiger partial charge on any atom is 0.143 e. The summed E-state index contributed by atoms with van der Waals surface area (Å²) in [6, 6.07) is 15.9. The van der Waals surface area contributed by atoms with Crippen molar-refractivity contribution in [2.75, 3.05) is 13.1 Å². The molecule has 0 saturated carbocycles. The van der Waals surface area contributed by atoms with Crippen LogP contribution in [-0.4, -0.2) is 33.1 Å². The van der Waals surface area contributed by atoms with E-state index >= 15 is 0 Å². The largest absolute Gasteiger partial charge is 0.508 e. The van der Waals surface area contributed by atoms with Crippen molar-refractivity contribution in [1.29, 1.82) is 0 Å². The third-order valence-corrected chi connectivity index (χ3v) is 5.16. The van der Waals surface area contributed by atoms with Gasteiger partial charge >= 0.3 is 0 Å². The highest BCUT2D eigenvalue weighted by Gasteiger charge is 2.21. The lowest BCUT2D eigenvalue weighted by atomic mass is 9.89. The van der Waals surface area contributed by atoms with E-state index in [0.29, 0.717) is 11.7 Å². The van der Waals surface area contributed by atoms with Crippen LogP contribution >= 0.6 is 0 Å². The van der Waals surface area contributed by atoms with Crippen LogP contribution in [0.4, 0.5) is 0 Å². The molecule has 128 valence electrons. The molecule has 2 heterocycles. The Labute approximate surface area is 148 Å². The average Bonchev–Trinajstić information content (AvgIpc) is 2.63. The topological polar surface area (TPSA) is 49.2 Å². The molecule has 1 saturated heterocycles. The standard InChI is InChI=1S/C21H23N3O/c1-15-19-4-2-3-5-20(19)23-21(22-15)14-24-12-10-17(11-13-24)16-6-8-18(25)9-7-16/h2-9,17,25H,10-14H2,1H3. The second kappa shape index (κ2) is 6.81. The molecule has 4 heteroatoms. The minimum atomic E-state index is 0.338. The molecule has 1 aliphatic heterocycles. The number of hydrogen-bond acceptors (Lipinski definition) is 4. The number of likely N-dealkylation sites (tertiary alicyclic amines) is 1. The third kappa shape index (κ3) is 3.49. The molecule has 1 aromatic heterocycles. The van der Waals surface area contributed by atoms with Crippen molar-refractivity contribution in [3.63, 3.8) is 0 Å². The predicted molar refractivity (Wildman–Crippen MR) is 99.6 cm³/mol. The van der Waals surface area contributed by atoms with Gasteiger partial charge in [0.25, 0.3) is 0 Å². The fourth-order valence-electron chi connectivity index (χ4n) is 3.74. The molecule has 1 fully saturated rings. The number of phenolic OH excluding ortho intramolecular Hbond substituents is 1. The number of benzene rings is 2. The molecule has 0 bridgehead atoms. The van der Waals surface area contributed by atoms with Crippen LogP contribution in [0.1, 0.15) is 35.8 Å². The summed E-state index contributed by atoms with van der Waals surface area (Å²) < 4.78 is 0. The lowest BCUT2D eigenvalue weighted by Crippen LogP contribution is -2.33. The Morgan fingerprint density at radius 3 is 2.48 bits per heavy atom. The van der Waals surface area contributed by atoms with Crippen molar-refractivity contribution < 1.29 is 5.11 Å². The van der Waals surface area contributed by atoms with Gasteiger partial charge in [-0.3, -0.25) is 4.90 Å². The van der Waals surface area contributed by atoms with Crippen molar-refractivity contribution >= 4 is 10.9 Å². The van der Waals surface area contributed by atoms with Crippen molar-refractivity contribution in [3.05, 3.63) is 65.6 Å². The second-order valence-corrected chi connectivity index (χ2v) is 6.88. The number of nitrogens with zero attached hydrogens (tertiary/aromatic N) is 3. The molecule has 4 rings (SSSR count). The number of rotatable bonds is 3. The van der Waals surface area contributed by atoms with Crippen molar-refractivity contribution in [2.45, 2.75) is 32.2 Å². The van der Waals surface area contributed by atoms with Gasteiger partial charge in [0, 0.05) is 11.1 Å². The van der Waals surface area contributed by atoms with Crippen molar-refractivity contribution in [2.24, 2.45) is 0 Å². The van der Waals surface area contributed by atoms with Gasteiger partial charge in [-0.25, -0.2) is 9.97 Å². The SMILES string of the molecule is Cc1nc(CN2CCC(c3ccc(O)cc3)CC2)nc2ccccc12. The zero-order chi connectivity index (χ0) is 17.2. The normalized spacial score (nSPS) is 16.4. The van der Waals surface area contributed by atoms with Gasteiger partial charge in [0.15, 0.2) is 0 Å². The molecule has 25 heavy (non-hydrogen) atoms. The quantitative estimate of drug-likeness (QED) is 0.786. The van der Waals surface area contributed by atoms with E-state index in [-0.39, 0.29) is 0 Å². The maximum atomic E-state index is 9.44. The van der Waals surface area contributed by atoms with Crippen LogP contribution in [-0.2, 0) is 6.54 Å². The van der Waals surface area contributed by atoms with Crippen LogP contribution in [0.3, 0.4) is 0 Å². The molecule has 0 unspecified atom stereocenters. The molecule has 3 aromatic rings. The van der Waals surface area contributed by atoms with Crippen molar-refractivity contribution in [3.8, 4) is 5.75 Å². The van der Waals surface area contributed by atoms with Crippen LogP contribution in [0, 0.1) is 6.92 Å². The highest BCUT2D eigenvalue weighted by atomic mass is 16.3. The Morgan fingerprint density at radius 1 is 1.00 bits per heavy atom. The Morgan fingerprint density at radius 2 is 1.72 bits per heavy atom. The molecule has 2 aromatic carbocycles. The first kappa shape index (κ1) is 16.0. The summed E-state index contributed by atoms with van der Waals surface area (Å²) in [5.74, 6) is 1.83. The van der Waals surface area contributed by atoms with E-state index in [1.165, 1.54) is 5.56 Å². The van der Waals surface area contributed by atoms with E-state index in [4.69, 9.17) is 9.97 Å². The molecule has 0 spiro atoms. The third-order valence-electron chi connectivity index (χ3n) is 5.16. The van der Waals surface area contributed by atoms with Gasteiger partial charge in [-0.1, -0.05) is 30.3 Å². The van der Waals surface area contributed by atoms with Crippen LogP contribution in [0.5, 0.6) is 5.75 Å². The molecular formula is C21H23N3O. The Kier molecular flexibility index (Phi) is 4.36. The van der Waals surface area contributed by atoms with Crippen molar-refractivity contribution in [1.82, 2.24) is 14.9 Å². The number of aromatic hydroxyl groups is 1. The Balaban J connectivity index is 1.42. The summed E-state index contributed by atoms with van der Waals surface area (Å²) in [5.41, 5.74) is 3.42. The van der Waals surface area contributed by atoms with E-state index in [1.807, 2.05) is 24.3 Å². The van der Waals surface area contributed by atoms with Gasteiger partial charge in [-0.2, -0.15) is 0 Å². The first-order valence-electron chi connectivity index (χ1n) is 8.92. The smallest absolute Gasteiger partial charge is 0.143 e. The number of hydrogen-bond donors (Lipinski definition) is 1. The van der Waals surface area contributed by atoms with E-state index in [0.717, 1.165) is 54.9 Å². The molecule has 1 N–H and O–H groups in total. The number of aromatic nitrogens is 2. The number of fused-ring (bicyclic) bond motifs is 1. The van der Waals surface area contributed by atoms with Gasteiger partial charge in [0.1, 0.15) is 11.6 Å². The van der Waals surface area contributed by atoms with Gasteiger partial charge in [-0.15, -0.1) is 0 Å². The predicted octanol–water partition coefficient (Wildman–Crippen LogP) is 4.02. The summed E-state index contributed by atoms with van der Waals surface area (Å²) in [5, 5.41) is 10.6. The summed E-state index contributed by atoms with van der Waals surface area (Å²) >= 11 is 0.